The maximum Gasteiger partial charge on any atom is 0.0605 e. The van der Waals surface area contributed by atoms with E-state index in [9.17, 15) is 0 Å². The van der Waals surface area contributed by atoms with E-state index in [0.29, 0.717) is 0 Å². The molecule has 1 aliphatic rings. The summed E-state index contributed by atoms with van der Waals surface area (Å²) in [6, 6.07) is 19.0. The largest absolute Gasteiger partial charge is 0.294 e. The van der Waals surface area contributed by atoms with Crippen molar-refractivity contribution < 1.29 is 0 Å². The van der Waals surface area contributed by atoms with Crippen molar-refractivity contribution in [3.63, 3.8) is 0 Å². The van der Waals surface area contributed by atoms with Crippen LogP contribution in [0.3, 0.4) is 0 Å². The number of hydrogen-bond acceptors (Lipinski definition) is 3. The zero-order chi connectivity index (χ0) is 13.8. The van der Waals surface area contributed by atoms with Gasteiger partial charge in [0.2, 0.25) is 0 Å². The fraction of sp³-hybridized carbons (Fsp3) is 0.176. The molecular weight excluding hydrogens is 246 g/mol. The van der Waals surface area contributed by atoms with Crippen molar-refractivity contribution in [3.05, 3.63) is 78.0 Å². The van der Waals surface area contributed by atoms with E-state index in [4.69, 9.17) is 0 Å². The summed E-state index contributed by atoms with van der Waals surface area (Å²) in [7, 11) is 0. The number of rotatable bonds is 3. The van der Waals surface area contributed by atoms with E-state index in [1.54, 1.807) is 0 Å². The molecule has 0 unspecified atom stereocenters. The number of hydrazine groups is 2. The van der Waals surface area contributed by atoms with Gasteiger partial charge < -0.3 is 0 Å². The zero-order valence-corrected chi connectivity index (χ0v) is 11.7. The minimum Gasteiger partial charge on any atom is -0.294 e. The average molecular weight is 265 g/mol. The van der Waals surface area contributed by atoms with Crippen molar-refractivity contribution in [1.82, 2.24) is 10.5 Å². The lowest BCUT2D eigenvalue weighted by atomic mass is 10.2. The molecule has 20 heavy (non-hydrogen) atoms. The Bertz CT molecular complexity index is 575. The number of aryl methyl sites for hydroxylation is 1. The third kappa shape index (κ3) is 3.00. The summed E-state index contributed by atoms with van der Waals surface area (Å²) in [6.45, 7) is 3.82. The van der Waals surface area contributed by atoms with E-state index in [1.807, 2.05) is 6.07 Å². The standard InChI is InChI=1S/C17H19N3/c1-15-8-10-17(11-9-15)20-13-5-12-19(18-20)14-16-6-3-2-4-7-16/h2-12,18H,13-14H2,1H3. The van der Waals surface area contributed by atoms with Crippen LogP contribution in [0.1, 0.15) is 11.1 Å². The Morgan fingerprint density at radius 3 is 2.50 bits per heavy atom. The third-order valence-electron chi connectivity index (χ3n) is 3.36. The molecule has 0 bridgehead atoms. The first-order chi connectivity index (χ1) is 9.81. The van der Waals surface area contributed by atoms with Crippen LogP contribution in [-0.2, 0) is 6.54 Å². The number of benzene rings is 2. The highest BCUT2D eigenvalue weighted by atomic mass is 15.8. The van der Waals surface area contributed by atoms with Gasteiger partial charge in [-0.3, -0.25) is 10.0 Å². The van der Waals surface area contributed by atoms with Gasteiger partial charge in [0.05, 0.1) is 18.8 Å². The molecule has 0 saturated carbocycles. The molecule has 1 aliphatic heterocycles. The molecule has 1 heterocycles. The molecule has 1 N–H and O–H groups in total. The van der Waals surface area contributed by atoms with Gasteiger partial charge in [-0.05, 0) is 30.7 Å². The first kappa shape index (κ1) is 12.8. The van der Waals surface area contributed by atoms with Gasteiger partial charge in [-0.15, -0.1) is 5.53 Å². The highest BCUT2D eigenvalue weighted by Crippen LogP contribution is 2.16. The monoisotopic (exact) mass is 265 g/mol. The molecular formula is C17H19N3. The van der Waals surface area contributed by atoms with Gasteiger partial charge >= 0.3 is 0 Å². The van der Waals surface area contributed by atoms with Crippen LogP contribution in [0.4, 0.5) is 5.69 Å². The highest BCUT2D eigenvalue weighted by Gasteiger charge is 2.12. The van der Waals surface area contributed by atoms with Gasteiger partial charge in [0.25, 0.3) is 0 Å². The van der Waals surface area contributed by atoms with E-state index in [1.165, 1.54) is 16.8 Å². The molecule has 0 radical (unpaired) electrons. The van der Waals surface area contributed by atoms with Crippen molar-refractivity contribution in [1.29, 1.82) is 0 Å². The van der Waals surface area contributed by atoms with E-state index in [0.717, 1.165) is 13.1 Å². The summed E-state index contributed by atoms with van der Waals surface area (Å²) in [4.78, 5) is 0. The second-order valence-electron chi connectivity index (χ2n) is 5.04. The van der Waals surface area contributed by atoms with Crippen LogP contribution in [0.5, 0.6) is 0 Å². The molecule has 0 aromatic heterocycles. The van der Waals surface area contributed by atoms with Crippen LogP contribution in [0, 0.1) is 6.92 Å². The van der Waals surface area contributed by atoms with Crippen LogP contribution in [-0.4, -0.2) is 11.6 Å². The van der Waals surface area contributed by atoms with Gasteiger partial charge in [0.1, 0.15) is 0 Å². The molecule has 3 heteroatoms. The summed E-state index contributed by atoms with van der Waals surface area (Å²) in [5, 5.41) is 4.24. The smallest absolute Gasteiger partial charge is 0.0605 e. The van der Waals surface area contributed by atoms with E-state index >= 15 is 0 Å². The summed E-state index contributed by atoms with van der Waals surface area (Å²) in [6.07, 6.45) is 4.26. The second kappa shape index (κ2) is 5.80. The van der Waals surface area contributed by atoms with Gasteiger partial charge in [-0.1, -0.05) is 48.0 Å². The Morgan fingerprint density at radius 2 is 1.75 bits per heavy atom. The Kier molecular flexibility index (Phi) is 3.70. The summed E-state index contributed by atoms with van der Waals surface area (Å²) in [5.74, 6) is 0. The molecule has 3 nitrogen and oxygen atoms in total. The molecule has 0 fully saturated rings. The quantitative estimate of drug-likeness (QED) is 0.919. The van der Waals surface area contributed by atoms with Gasteiger partial charge in [-0.25, -0.2) is 0 Å². The Hall–Kier alpha value is -2.26. The summed E-state index contributed by atoms with van der Waals surface area (Å²) >= 11 is 0. The molecule has 102 valence electrons. The first-order valence-electron chi connectivity index (χ1n) is 6.89. The van der Waals surface area contributed by atoms with Crippen molar-refractivity contribution >= 4 is 5.69 Å². The molecule has 0 spiro atoms. The Morgan fingerprint density at radius 1 is 1.00 bits per heavy atom. The van der Waals surface area contributed by atoms with E-state index < -0.39 is 0 Å². The van der Waals surface area contributed by atoms with Gasteiger partial charge in [0.15, 0.2) is 0 Å². The lowest BCUT2D eigenvalue weighted by Gasteiger charge is -2.35. The lowest BCUT2D eigenvalue weighted by molar-refractivity contribution is 0.241. The first-order valence-corrected chi connectivity index (χ1v) is 6.89. The van der Waals surface area contributed by atoms with E-state index in [2.05, 4.69) is 83.3 Å². The lowest BCUT2D eigenvalue weighted by Crippen LogP contribution is -2.50. The van der Waals surface area contributed by atoms with Crippen LogP contribution in [0.15, 0.2) is 66.9 Å². The molecule has 0 aliphatic carbocycles. The predicted molar refractivity (Wildman–Crippen MR) is 82.8 cm³/mol. The highest BCUT2D eigenvalue weighted by molar-refractivity contribution is 5.47. The fourth-order valence-electron chi connectivity index (χ4n) is 2.27. The zero-order valence-electron chi connectivity index (χ0n) is 11.7. The minimum atomic E-state index is 0.847. The Labute approximate surface area is 120 Å². The Balaban J connectivity index is 1.69. The van der Waals surface area contributed by atoms with Crippen LogP contribution in [0.2, 0.25) is 0 Å². The summed E-state index contributed by atoms with van der Waals surface area (Å²) < 4.78 is 0. The summed E-state index contributed by atoms with van der Waals surface area (Å²) in [5.41, 5.74) is 7.16. The fourth-order valence-corrected chi connectivity index (χ4v) is 2.27. The van der Waals surface area contributed by atoms with Crippen LogP contribution < -0.4 is 10.5 Å². The maximum absolute atomic E-state index is 3.42. The van der Waals surface area contributed by atoms with Crippen molar-refractivity contribution in [3.8, 4) is 0 Å². The minimum absolute atomic E-state index is 0.847. The number of anilines is 1. The third-order valence-corrected chi connectivity index (χ3v) is 3.36. The van der Waals surface area contributed by atoms with Crippen LogP contribution in [0.25, 0.3) is 0 Å². The molecule has 0 amide bonds. The second-order valence-corrected chi connectivity index (χ2v) is 5.04. The maximum atomic E-state index is 3.42. The number of hydrogen-bond donors (Lipinski definition) is 1. The molecule has 3 rings (SSSR count). The molecule has 0 saturated heterocycles. The van der Waals surface area contributed by atoms with Crippen molar-refractivity contribution in [2.45, 2.75) is 13.5 Å². The molecule has 2 aromatic rings. The van der Waals surface area contributed by atoms with Crippen LogP contribution >= 0.6 is 0 Å². The van der Waals surface area contributed by atoms with E-state index in [-0.39, 0.29) is 0 Å². The van der Waals surface area contributed by atoms with Gasteiger partial charge in [0, 0.05) is 6.20 Å². The SMILES string of the molecule is Cc1ccc(N2CC=CN(Cc3ccccc3)N2)cc1. The van der Waals surface area contributed by atoms with Gasteiger partial charge in [-0.2, -0.15) is 0 Å². The normalized spacial score (nSPS) is 14.7. The molecule has 2 aromatic carbocycles. The topological polar surface area (TPSA) is 18.5 Å². The van der Waals surface area contributed by atoms with Crippen molar-refractivity contribution in [2.24, 2.45) is 0 Å². The predicted octanol–water partition coefficient (Wildman–Crippen LogP) is 3.25. The number of nitrogens with one attached hydrogen (secondary N) is 1. The van der Waals surface area contributed by atoms with Crippen molar-refractivity contribution in [2.75, 3.05) is 11.6 Å². The molecule has 0 atom stereocenters. The average Bonchev–Trinajstić information content (AvgIpc) is 2.49. The number of nitrogens with zero attached hydrogens (tertiary/aromatic N) is 2.